The monoisotopic (exact) mass is 304 g/mol. The van der Waals surface area contributed by atoms with Gasteiger partial charge in [0.15, 0.2) is 0 Å². The van der Waals surface area contributed by atoms with Crippen molar-refractivity contribution < 1.29 is 8.42 Å². The number of sulfonamides is 1. The molecule has 0 aromatic carbocycles. The third-order valence-electron chi connectivity index (χ3n) is 3.00. The third-order valence-corrected chi connectivity index (χ3v) is 5.27. The summed E-state index contributed by atoms with van der Waals surface area (Å²) in [5, 5.41) is 5.98. The lowest BCUT2D eigenvalue weighted by atomic mass is 10.4. The minimum Gasteiger partial charge on any atom is -0.314 e. The van der Waals surface area contributed by atoms with E-state index in [-0.39, 0.29) is 5.75 Å². The number of aromatic nitrogens is 1. The first-order chi connectivity index (χ1) is 9.05. The van der Waals surface area contributed by atoms with Crippen molar-refractivity contribution in [3.63, 3.8) is 0 Å². The molecule has 2 rings (SSSR count). The molecule has 19 heavy (non-hydrogen) atoms. The summed E-state index contributed by atoms with van der Waals surface area (Å²) in [5.74, 6) is 0.150. The number of hydrogen-bond donors (Lipinski definition) is 2. The molecule has 0 amide bonds. The highest BCUT2D eigenvalue weighted by molar-refractivity contribution is 7.89. The molecule has 0 spiro atoms. The zero-order valence-corrected chi connectivity index (χ0v) is 12.7. The number of aryl methyl sites for hydroxylation is 1. The Hall–Kier alpha value is -0.540. The molecule has 0 bridgehead atoms. The van der Waals surface area contributed by atoms with Crippen molar-refractivity contribution in [2.75, 3.05) is 38.5 Å². The minimum atomic E-state index is -3.22. The number of rotatable bonds is 6. The summed E-state index contributed by atoms with van der Waals surface area (Å²) in [5.41, 5.74) is 0.931. The minimum absolute atomic E-state index is 0.150. The van der Waals surface area contributed by atoms with Gasteiger partial charge in [-0.05, 0) is 6.92 Å². The molecule has 1 saturated heterocycles. The normalized spacial score (nSPS) is 17.7. The molecule has 2 N–H and O–H groups in total. The van der Waals surface area contributed by atoms with Gasteiger partial charge in [-0.3, -0.25) is 4.90 Å². The lowest BCUT2D eigenvalue weighted by molar-refractivity contribution is 0.253. The van der Waals surface area contributed by atoms with Crippen LogP contribution in [-0.2, 0) is 16.6 Å². The van der Waals surface area contributed by atoms with Crippen LogP contribution in [0, 0.1) is 6.92 Å². The van der Waals surface area contributed by atoms with Crippen LogP contribution in [0.25, 0.3) is 0 Å². The summed E-state index contributed by atoms with van der Waals surface area (Å²) < 4.78 is 26.4. The maximum Gasteiger partial charge on any atom is 0.213 e. The zero-order valence-electron chi connectivity index (χ0n) is 11.1. The van der Waals surface area contributed by atoms with Crippen LogP contribution in [0.2, 0.25) is 0 Å². The molecule has 0 atom stereocenters. The van der Waals surface area contributed by atoms with Crippen molar-refractivity contribution in [1.82, 2.24) is 19.9 Å². The highest BCUT2D eigenvalue weighted by atomic mass is 32.2. The first-order valence-electron chi connectivity index (χ1n) is 6.36. The van der Waals surface area contributed by atoms with Crippen LogP contribution in [0.4, 0.5) is 0 Å². The Labute approximate surface area is 118 Å². The van der Waals surface area contributed by atoms with Crippen LogP contribution in [0.1, 0.15) is 10.7 Å². The Morgan fingerprint density at radius 2 is 2.21 bits per heavy atom. The fraction of sp³-hybridized carbons (Fsp3) is 0.727. The van der Waals surface area contributed by atoms with Crippen LogP contribution < -0.4 is 10.0 Å². The largest absolute Gasteiger partial charge is 0.314 e. The number of nitrogens with zero attached hydrogens (tertiary/aromatic N) is 2. The quantitative estimate of drug-likeness (QED) is 0.760. The van der Waals surface area contributed by atoms with Crippen molar-refractivity contribution in [3.8, 4) is 0 Å². The van der Waals surface area contributed by atoms with Gasteiger partial charge in [0.2, 0.25) is 10.0 Å². The van der Waals surface area contributed by atoms with Gasteiger partial charge in [-0.25, -0.2) is 18.1 Å². The Morgan fingerprint density at radius 3 is 2.84 bits per heavy atom. The van der Waals surface area contributed by atoms with Gasteiger partial charge < -0.3 is 5.32 Å². The molecule has 1 aliphatic heterocycles. The van der Waals surface area contributed by atoms with E-state index in [0.29, 0.717) is 13.1 Å². The fourth-order valence-corrected chi connectivity index (χ4v) is 3.71. The molecule has 1 aliphatic rings. The van der Waals surface area contributed by atoms with Gasteiger partial charge in [0.25, 0.3) is 0 Å². The molecular weight excluding hydrogens is 284 g/mol. The predicted molar refractivity (Wildman–Crippen MR) is 76.8 cm³/mol. The van der Waals surface area contributed by atoms with Crippen molar-refractivity contribution in [2.24, 2.45) is 0 Å². The highest BCUT2D eigenvalue weighted by Gasteiger charge is 2.15. The zero-order chi connectivity index (χ0) is 13.7. The highest BCUT2D eigenvalue weighted by Crippen LogP contribution is 2.08. The van der Waals surface area contributed by atoms with E-state index in [1.165, 1.54) is 11.3 Å². The summed E-state index contributed by atoms with van der Waals surface area (Å²) in [4.78, 5) is 6.41. The second-order valence-electron chi connectivity index (χ2n) is 4.61. The smallest absolute Gasteiger partial charge is 0.213 e. The number of thiazole rings is 1. The molecule has 6 nitrogen and oxygen atoms in total. The predicted octanol–water partition coefficient (Wildman–Crippen LogP) is -0.224. The van der Waals surface area contributed by atoms with E-state index < -0.39 is 10.0 Å². The van der Waals surface area contributed by atoms with E-state index >= 15 is 0 Å². The van der Waals surface area contributed by atoms with Crippen LogP contribution in [0.5, 0.6) is 0 Å². The molecule has 0 radical (unpaired) electrons. The van der Waals surface area contributed by atoms with Crippen LogP contribution in [-0.4, -0.2) is 56.8 Å². The van der Waals surface area contributed by atoms with E-state index in [2.05, 4.69) is 19.9 Å². The van der Waals surface area contributed by atoms with Crippen molar-refractivity contribution in [3.05, 3.63) is 16.1 Å². The van der Waals surface area contributed by atoms with Gasteiger partial charge in [0.05, 0.1) is 12.3 Å². The summed E-state index contributed by atoms with van der Waals surface area (Å²) >= 11 is 1.48. The van der Waals surface area contributed by atoms with Crippen molar-refractivity contribution in [2.45, 2.75) is 13.5 Å². The molecule has 1 fully saturated rings. The Kier molecular flexibility index (Phi) is 5.28. The Bertz CT molecular complexity index is 495. The van der Waals surface area contributed by atoms with E-state index in [0.717, 1.165) is 36.9 Å². The molecule has 2 heterocycles. The average molecular weight is 304 g/mol. The lowest BCUT2D eigenvalue weighted by Gasteiger charge is -2.26. The van der Waals surface area contributed by atoms with Crippen LogP contribution in [0.15, 0.2) is 5.38 Å². The lowest BCUT2D eigenvalue weighted by Crippen LogP contribution is -2.45. The van der Waals surface area contributed by atoms with Gasteiger partial charge in [-0.15, -0.1) is 11.3 Å². The SMILES string of the molecule is Cc1csc(CNS(=O)(=O)CCN2CCNCC2)n1. The van der Waals surface area contributed by atoms with Gasteiger partial charge in [0, 0.05) is 43.8 Å². The first-order valence-corrected chi connectivity index (χ1v) is 8.90. The molecule has 1 aromatic heterocycles. The summed E-state index contributed by atoms with van der Waals surface area (Å²) in [6, 6.07) is 0. The average Bonchev–Trinajstić information content (AvgIpc) is 2.82. The van der Waals surface area contributed by atoms with E-state index in [1.54, 1.807) is 0 Å². The second kappa shape index (κ2) is 6.76. The van der Waals surface area contributed by atoms with Gasteiger partial charge >= 0.3 is 0 Å². The van der Waals surface area contributed by atoms with Crippen LogP contribution in [0.3, 0.4) is 0 Å². The van der Waals surface area contributed by atoms with Crippen molar-refractivity contribution >= 4 is 21.4 Å². The summed E-state index contributed by atoms with van der Waals surface area (Å²) in [6.45, 7) is 6.50. The molecule has 108 valence electrons. The molecule has 0 aliphatic carbocycles. The molecular formula is C11H20N4O2S2. The number of nitrogens with one attached hydrogen (secondary N) is 2. The standard InChI is InChI=1S/C11H20N4O2S2/c1-10-9-18-11(14-10)8-13-19(16,17)7-6-15-4-2-12-3-5-15/h9,12-13H,2-8H2,1H3. The van der Waals surface area contributed by atoms with Gasteiger partial charge in [0.1, 0.15) is 5.01 Å². The van der Waals surface area contributed by atoms with Crippen LogP contribution >= 0.6 is 11.3 Å². The molecule has 1 aromatic rings. The molecule has 0 unspecified atom stereocenters. The topological polar surface area (TPSA) is 74.3 Å². The maximum absolute atomic E-state index is 11.9. The molecule has 0 saturated carbocycles. The maximum atomic E-state index is 11.9. The van der Waals surface area contributed by atoms with E-state index in [1.807, 2.05) is 12.3 Å². The van der Waals surface area contributed by atoms with E-state index in [4.69, 9.17) is 0 Å². The third kappa shape index (κ3) is 5.15. The first kappa shape index (κ1) is 14.9. The summed E-state index contributed by atoms with van der Waals surface area (Å²) in [7, 11) is -3.22. The van der Waals surface area contributed by atoms with E-state index in [9.17, 15) is 8.42 Å². The van der Waals surface area contributed by atoms with Crippen molar-refractivity contribution in [1.29, 1.82) is 0 Å². The summed E-state index contributed by atoms with van der Waals surface area (Å²) in [6.07, 6.45) is 0. The van der Waals surface area contributed by atoms with Gasteiger partial charge in [-0.1, -0.05) is 0 Å². The Morgan fingerprint density at radius 1 is 1.47 bits per heavy atom. The van der Waals surface area contributed by atoms with Gasteiger partial charge in [-0.2, -0.15) is 0 Å². The fourth-order valence-electron chi connectivity index (χ4n) is 1.91. The number of piperazine rings is 1. The number of hydrogen-bond acceptors (Lipinski definition) is 6. The second-order valence-corrected chi connectivity index (χ2v) is 7.48. The Balaban J connectivity index is 1.75. The molecule has 8 heteroatoms.